The molecule has 0 atom stereocenters. The van der Waals surface area contributed by atoms with Crippen LogP contribution in [0.2, 0.25) is 0 Å². The lowest BCUT2D eigenvalue weighted by Crippen LogP contribution is -2.42. The Hall–Kier alpha value is -2.73. The molecule has 1 aromatic carbocycles. The number of nitrogens with zero attached hydrogens (tertiary/aromatic N) is 4. The second-order valence-corrected chi connectivity index (χ2v) is 6.21. The van der Waals surface area contributed by atoms with Crippen molar-refractivity contribution in [2.24, 2.45) is 4.99 Å². The van der Waals surface area contributed by atoms with Gasteiger partial charge in [-0.25, -0.2) is 4.99 Å². The SMILES string of the molecule is O=c1/c(=C\c2ccccn2)sc2n1CN(c1ccccc1)CN=2. The van der Waals surface area contributed by atoms with E-state index in [0.29, 0.717) is 17.9 Å². The first-order chi connectivity index (χ1) is 11.3. The Morgan fingerprint density at radius 3 is 2.70 bits per heavy atom. The first-order valence-electron chi connectivity index (χ1n) is 7.28. The largest absolute Gasteiger partial charge is 0.334 e. The Kier molecular flexibility index (Phi) is 3.51. The van der Waals surface area contributed by atoms with Gasteiger partial charge in [0.05, 0.1) is 10.2 Å². The third-order valence-electron chi connectivity index (χ3n) is 3.66. The zero-order chi connectivity index (χ0) is 15.6. The van der Waals surface area contributed by atoms with Gasteiger partial charge in [-0.05, 0) is 30.3 Å². The third-order valence-corrected chi connectivity index (χ3v) is 4.71. The maximum Gasteiger partial charge on any atom is 0.271 e. The van der Waals surface area contributed by atoms with Crippen molar-refractivity contribution in [3.63, 3.8) is 0 Å². The predicted molar refractivity (Wildman–Crippen MR) is 91.0 cm³/mol. The standard InChI is InChI=1S/C17H14N4OS/c22-16-15(10-13-6-4-5-9-18-13)23-17-19-11-20(12-21(16)17)14-7-2-1-3-8-14/h1-10H,11-12H2/b15-10+. The Labute approximate surface area is 136 Å². The quantitative estimate of drug-likeness (QED) is 0.712. The van der Waals surface area contributed by atoms with E-state index in [1.54, 1.807) is 10.8 Å². The van der Waals surface area contributed by atoms with Crippen LogP contribution in [0.3, 0.4) is 0 Å². The van der Waals surface area contributed by atoms with E-state index in [1.807, 2.05) is 54.6 Å². The molecule has 0 fully saturated rings. The van der Waals surface area contributed by atoms with Crippen LogP contribution >= 0.6 is 11.3 Å². The molecule has 0 saturated carbocycles. The van der Waals surface area contributed by atoms with E-state index in [2.05, 4.69) is 14.9 Å². The minimum atomic E-state index is -0.0139. The molecule has 2 aromatic heterocycles. The average molecular weight is 322 g/mol. The van der Waals surface area contributed by atoms with Gasteiger partial charge < -0.3 is 4.90 Å². The van der Waals surface area contributed by atoms with E-state index in [-0.39, 0.29) is 5.56 Å². The average Bonchev–Trinajstić information content (AvgIpc) is 2.92. The van der Waals surface area contributed by atoms with Crippen molar-refractivity contribution in [2.75, 3.05) is 11.6 Å². The number of hydrogen-bond acceptors (Lipinski definition) is 5. The van der Waals surface area contributed by atoms with Gasteiger partial charge in [-0.15, -0.1) is 0 Å². The smallest absolute Gasteiger partial charge is 0.271 e. The highest BCUT2D eigenvalue weighted by atomic mass is 32.1. The van der Waals surface area contributed by atoms with Crippen LogP contribution in [-0.4, -0.2) is 16.2 Å². The summed E-state index contributed by atoms with van der Waals surface area (Å²) in [7, 11) is 0. The lowest BCUT2D eigenvalue weighted by atomic mass is 10.3. The summed E-state index contributed by atoms with van der Waals surface area (Å²) >= 11 is 1.42. The van der Waals surface area contributed by atoms with Gasteiger partial charge in [0.2, 0.25) is 0 Å². The fraction of sp³-hybridized carbons (Fsp3) is 0.118. The summed E-state index contributed by atoms with van der Waals surface area (Å²) in [4.78, 5) is 24.3. The number of thiazole rings is 1. The molecule has 0 unspecified atom stereocenters. The summed E-state index contributed by atoms with van der Waals surface area (Å²) in [6, 6.07) is 15.7. The van der Waals surface area contributed by atoms with Crippen LogP contribution in [0.5, 0.6) is 0 Å². The molecule has 0 N–H and O–H groups in total. The van der Waals surface area contributed by atoms with Crippen molar-refractivity contribution in [3.05, 3.63) is 80.1 Å². The predicted octanol–water partition coefficient (Wildman–Crippen LogP) is 1.19. The van der Waals surface area contributed by atoms with Gasteiger partial charge in [0, 0.05) is 11.9 Å². The fourth-order valence-corrected chi connectivity index (χ4v) is 3.46. The van der Waals surface area contributed by atoms with Gasteiger partial charge in [0.1, 0.15) is 13.3 Å². The molecule has 114 valence electrons. The molecule has 6 heteroatoms. The van der Waals surface area contributed by atoms with Gasteiger partial charge in [0.15, 0.2) is 4.80 Å². The first-order valence-corrected chi connectivity index (χ1v) is 8.10. The van der Waals surface area contributed by atoms with E-state index in [1.165, 1.54) is 11.3 Å². The molecule has 0 aliphatic carbocycles. The molecule has 3 heterocycles. The number of fused-ring (bicyclic) bond motifs is 1. The van der Waals surface area contributed by atoms with Crippen LogP contribution < -0.4 is 19.8 Å². The number of pyridine rings is 1. The first kappa shape index (κ1) is 13.9. The maximum absolute atomic E-state index is 12.6. The van der Waals surface area contributed by atoms with Crippen molar-refractivity contribution < 1.29 is 0 Å². The second-order valence-electron chi connectivity index (χ2n) is 5.20. The van der Waals surface area contributed by atoms with Crippen LogP contribution in [0, 0.1) is 0 Å². The van der Waals surface area contributed by atoms with E-state index >= 15 is 0 Å². The summed E-state index contributed by atoms with van der Waals surface area (Å²) in [5.41, 5.74) is 1.83. The zero-order valence-electron chi connectivity index (χ0n) is 12.3. The highest BCUT2D eigenvalue weighted by Gasteiger charge is 2.15. The zero-order valence-corrected chi connectivity index (χ0v) is 13.1. The molecule has 0 bridgehead atoms. The summed E-state index contributed by atoms with van der Waals surface area (Å²) in [6.45, 7) is 1.08. The number of aromatic nitrogens is 2. The normalized spacial score (nSPS) is 14.4. The lowest BCUT2D eigenvalue weighted by Gasteiger charge is -2.25. The van der Waals surface area contributed by atoms with Crippen LogP contribution in [0.25, 0.3) is 6.08 Å². The van der Waals surface area contributed by atoms with Crippen LogP contribution in [0.4, 0.5) is 5.69 Å². The Morgan fingerprint density at radius 2 is 1.91 bits per heavy atom. The van der Waals surface area contributed by atoms with Gasteiger partial charge in [0.25, 0.3) is 5.56 Å². The van der Waals surface area contributed by atoms with E-state index < -0.39 is 0 Å². The molecule has 0 amide bonds. The molecule has 23 heavy (non-hydrogen) atoms. The molecular formula is C17H14N4OS. The molecule has 0 radical (unpaired) electrons. The molecule has 4 rings (SSSR count). The van der Waals surface area contributed by atoms with Crippen molar-refractivity contribution in [1.82, 2.24) is 9.55 Å². The van der Waals surface area contributed by atoms with Crippen molar-refractivity contribution in [1.29, 1.82) is 0 Å². The number of benzene rings is 1. The highest BCUT2D eigenvalue weighted by Crippen LogP contribution is 2.14. The molecule has 1 aliphatic rings. The van der Waals surface area contributed by atoms with Gasteiger partial charge in [-0.1, -0.05) is 35.6 Å². The third kappa shape index (κ3) is 2.68. The van der Waals surface area contributed by atoms with Crippen molar-refractivity contribution in [3.8, 4) is 0 Å². The molecule has 5 nitrogen and oxygen atoms in total. The maximum atomic E-state index is 12.6. The lowest BCUT2D eigenvalue weighted by molar-refractivity contribution is 0.569. The Bertz CT molecular complexity index is 993. The minimum Gasteiger partial charge on any atom is -0.334 e. The number of hydrogen-bond donors (Lipinski definition) is 0. The van der Waals surface area contributed by atoms with Crippen LogP contribution in [-0.2, 0) is 6.67 Å². The molecular weight excluding hydrogens is 308 g/mol. The van der Waals surface area contributed by atoms with E-state index in [4.69, 9.17) is 0 Å². The summed E-state index contributed by atoms with van der Waals surface area (Å²) in [6.07, 6.45) is 3.54. The Balaban J connectivity index is 1.74. The number of anilines is 1. The van der Waals surface area contributed by atoms with Gasteiger partial charge in [-0.2, -0.15) is 0 Å². The van der Waals surface area contributed by atoms with Crippen molar-refractivity contribution >= 4 is 23.1 Å². The molecule has 0 spiro atoms. The summed E-state index contributed by atoms with van der Waals surface area (Å²) in [5.74, 6) is 0. The number of para-hydroxylation sites is 1. The van der Waals surface area contributed by atoms with E-state index in [9.17, 15) is 4.79 Å². The minimum absolute atomic E-state index is 0.0139. The highest BCUT2D eigenvalue weighted by molar-refractivity contribution is 7.07. The fourth-order valence-electron chi connectivity index (χ4n) is 2.51. The van der Waals surface area contributed by atoms with Gasteiger partial charge in [-0.3, -0.25) is 14.3 Å². The topological polar surface area (TPSA) is 50.5 Å². The van der Waals surface area contributed by atoms with Crippen LogP contribution in [0.15, 0.2) is 64.5 Å². The summed E-state index contributed by atoms with van der Waals surface area (Å²) < 4.78 is 2.38. The molecule has 3 aromatic rings. The monoisotopic (exact) mass is 322 g/mol. The Morgan fingerprint density at radius 1 is 1.09 bits per heavy atom. The van der Waals surface area contributed by atoms with Crippen molar-refractivity contribution in [2.45, 2.75) is 6.67 Å². The van der Waals surface area contributed by atoms with Gasteiger partial charge >= 0.3 is 0 Å². The van der Waals surface area contributed by atoms with Crippen LogP contribution in [0.1, 0.15) is 5.69 Å². The molecule has 1 aliphatic heterocycles. The molecule has 0 saturated heterocycles. The summed E-state index contributed by atoms with van der Waals surface area (Å²) in [5, 5.41) is 0. The van der Waals surface area contributed by atoms with E-state index in [0.717, 1.165) is 16.2 Å². The number of rotatable bonds is 2. The second kappa shape index (κ2) is 5.81.